The van der Waals surface area contributed by atoms with Crippen molar-refractivity contribution in [2.45, 2.75) is 31.6 Å². The number of hydrogen-bond acceptors (Lipinski definition) is 3. The Morgan fingerprint density at radius 2 is 1.81 bits per heavy atom. The number of piperidine rings is 1. The second kappa shape index (κ2) is 7.60. The van der Waals surface area contributed by atoms with E-state index in [1.165, 1.54) is 0 Å². The van der Waals surface area contributed by atoms with Crippen LogP contribution in [0.3, 0.4) is 0 Å². The first kappa shape index (κ1) is 18.6. The van der Waals surface area contributed by atoms with Crippen LogP contribution in [0.4, 0.5) is 5.69 Å². The van der Waals surface area contributed by atoms with Crippen LogP contribution in [0.15, 0.2) is 53.4 Å². The van der Waals surface area contributed by atoms with Crippen LogP contribution in [0, 0.1) is 12.8 Å². The molecule has 3 rings (SSSR count). The third kappa shape index (κ3) is 3.97. The van der Waals surface area contributed by atoms with Gasteiger partial charge < -0.3 is 5.32 Å². The number of amides is 1. The normalized spacial score (nSPS) is 18.5. The summed E-state index contributed by atoms with van der Waals surface area (Å²) in [7, 11) is -3.48. The highest BCUT2D eigenvalue weighted by molar-refractivity contribution is 7.89. The Bertz CT molecular complexity index is 892. The molecule has 0 aromatic heterocycles. The molecule has 1 heterocycles. The van der Waals surface area contributed by atoms with Crippen molar-refractivity contribution in [3.8, 4) is 0 Å². The summed E-state index contributed by atoms with van der Waals surface area (Å²) in [4.78, 5) is 12.6. The van der Waals surface area contributed by atoms with Gasteiger partial charge >= 0.3 is 0 Å². The average molecular weight is 372 g/mol. The Labute approximate surface area is 155 Å². The van der Waals surface area contributed by atoms with Crippen molar-refractivity contribution in [2.75, 3.05) is 18.4 Å². The number of benzene rings is 2. The van der Waals surface area contributed by atoms with E-state index in [4.69, 9.17) is 0 Å². The van der Waals surface area contributed by atoms with E-state index in [0.29, 0.717) is 30.3 Å². The molecule has 6 heteroatoms. The molecule has 0 radical (unpaired) electrons. The molecule has 1 aliphatic rings. The number of rotatable bonds is 4. The van der Waals surface area contributed by atoms with Crippen LogP contribution in [0.1, 0.15) is 35.7 Å². The zero-order valence-corrected chi connectivity index (χ0v) is 15.9. The van der Waals surface area contributed by atoms with Crippen LogP contribution in [0.2, 0.25) is 0 Å². The van der Waals surface area contributed by atoms with E-state index in [0.717, 1.165) is 18.4 Å². The summed E-state index contributed by atoms with van der Waals surface area (Å²) in [5.74, 6) is 0.176. The van der Waals surface area contributed by atoms with Crippen LogP contribution in [-0.2, 0) is 10.0 Å². The Morgan fingerprint density at radius 3 is 2.46 bits per heavy atom. The summed E-state index contributed by atoms with van der Waals surface area (Å²) in [5, 5.41) is 2.82. The van der Waals surface area contributed by atoms with E-state index >= 15 is 0 Å². The van der Waals surface area contributed by atoms with Crippen LogP contribution >= 0.6 is 0 Å². The summed E-state index contributed by atoms with van der Waals surface area (Å²) in [6.07, 6.45) is 1.96. The van der Waals surface area contributed by atoms with Gasteiger partial charge in [0.15, 0.2) is 0 Å². The van der Waals surface area contributed by atoms with Crippen molar-refractivity contribution < 1.29 is 13.2 Å². The summed E-state index contributed by atoms with van der Waals surface area (Å²) >= 11 is 0. The van der Waals surface area contributed by atoms with Gasteiger partial charge in [-0.25, -0.2) is 8.42 Å². The van der Waals surface area contributed by atoms with E-state index in [-0.39, 0.29) is 10.8 Å². The number of carbonyl (C=O) groups is 1. The monoisotopic (exact) mass is 372 g/mol. The zero-order valence-electron chi connectivity index (χ0n) is 15.1. The number of nitrogens with one attached hydrogen (secondary N) is 1. The fourth-order valence-electron chi connectivity index (χ4n) is 3.25. The Morgan fingerprint density at radius 1 is 1.12 bits per heavy atom. The minimum atomic E-state index is -3.48. The third-order valence-electron chi connectivity index (χ3n) is 4.76. The Kier molecular flexibility index (Phi) is 5.44. The molecule has 0 aliphatic carbocycles. The number of anilines is 1. The van der Waals surface area contributed by atoms with Crippen LogP contribution in [-0.4, -0.2) is 31.7 Å². The van der Waals surface area contributed by atoms with E-state index in [1.54, 1.807) is 34.6 Å². The molecule has 2 aromatic rings. The standard InChI is InChI=1S/C20H24N2O3S/c1-15-6-5-13-22(14-15)26(24,25)18-11-9-17(10-12-18)21-20(23)19-8-4-3-7-16(19)2/h3-4,7-12,15H,5-6,13-14H2,1-2H3,(H,21,23)/t15-/m1/s1. The lowest BCUT2D eigenvalue weighted by molar-refractivity contribution is 0.102. The van der Waals surface area contributed by atoms with Crippen molar-refractivity contribution >= 4 is 21.6 Å². The molecule has 0 bridgehead atoms. The van der Waals surface area contributed by atoms with Gasteiger partial charge in [0, 0.05) is 24.3 Å². The van der Waals surface area contributed by atoms with Gasteiger partial charge in [0.25, 0.3) is 5.91 Å². The molecule has 1 saturated heterocycles. The molecule has 138 valence electrons. The number of hydrogen-bond donors (Lipinski definition) is 1. The molecule has 0 saturated carbocycles. The van der Waals surface area contributed by atoms with Gasteiger partial charge in [-0.05, 0) is 61.6 Å². The molecule has 2 aromatic carbocycles. The fraction of sp³-hybridized carbons (Fsp3) is 0.350. The predicted molar refractivity (Wildman–Crippen MR) is 103 cm³/mol. The van der Waals surface area contributed by atoms with Gasteiger partial charge in [-0.3, -0.25) is 4.79 Å². The molecule has 1 aliphatic heterocycles. The summed E-state index contributed by atoms with van der Waals surface area (Å²) in [6, 6.07) is 13.7. The first-order valence-corrected chi connectivity index (χ1v) is 10.3. The largest absolute Gasteiger partial charge is 0.322 e. The van der Waals surface area contributed by atoms with Gasteiger partial charge in [0.05, 0.1) is 4.90 Å². The highest BCUT2D eigenvalue weighted by atomic mass is 32.2. The van der Waals surface area contributed by atoms with Crippen molar-refractivity contribution in [3.63, 3.8) is 0 Å². The Hall–Kier alpha value is -2.18. The Balaban J connectivity index is 1.74. The minimum absolute atomic E-state index is 0.205. The highest BCUT2D eigenvalue weighted by Crippen LogP contribution is 2.24. The van der Waals surface area contributed by atoms with Gasteiger partial charge in [0.1, 0.15) is 0 Å². The molecule has 1 amide bonds. The van der Waals surface area contributed by atoms with Gasteiger partial charge in [-0.1, -0.05) is 25.1 Å². The summed E-state index contributed by atoms with van der Waals surface area (Å²) < 4.78 is 27.1. The first-order chi connectivity index (χ1) is 12.4. The number of sulfonamides is 1. The summed E-state index contributed by atoms with van der Waals surface area (Å²) in [5.41, 5.74) is 2.07. The van der Waals surface area contributed by atoms with Crippen molar-refractivity contribution in [1.82, 2.24) is 4.31 Å². The molecular weight excluding hydrogens is 348 g/mol. The number of aryl methyl sites for hydroxylation is 1. The van der Waals surface area contributed by atoms with E-state index in [2.05, 4.69) is 12.2 Å². The molecule has 26 heavy (non-hydrogen) atoms. The fourth-order valence-corrected chi connectivity index (χ4v) is 4.85. The third-order valence-corrected chi connectivity index (χ3v) is 6.64. The molecule has 5 nitrogen and oxygen atoms in total. The lowest BCUT2D eigenvalue weighted by atomic mass is 10.0. The van der Waals surface area contributed by atoms with Gasteiger partial charge in [-0.2, -0.15) is 4.31 Å². The second-order valence-electron chi connectivity index (χ2n) is 6.90. The maximum atomic E-state index is 12.8. The molecule has 0 unspecified atom stereocenters. The number of carbonyl (C=O) groups excluding carboxylic acids is 1. The molecule has 1 atom stereocenters. The van der Waals surface area contributed by atoms with Crippen molar-refractivity contribution in [1.29, 1.82) is 0 Å². The summed E-state index contributed by atoms with van der Waals surface area (Å²) in [6.45, 7) is 5.09. The van der Waals surface area contributed by atoms with Crippen molar-refractivity contribution in [2.24, 2.45) is 5.92 Å². The van der Waals surface area contributed by atoms with Crippen LogP contribution < -0.4 is 5.32 Å². The van der Waals surface area contributed by atoms with Gasteiger partial charge in [-0.15, -0.1) is 0 Å². The SMILES string of the molecule is Cc1ccccc1C(=O)Nc1ccc(S(=O)(=O)N2CCC[C@@H](C)C2)cc1. The van der Waals surface area contributed by atoms with E-state index in [9.17, 15) is 13.2 Å². The highest BCUT2D eigenvalue weighted by Gasteiger charge is 2.28. The average Bonchev–Trinajstić information content (AvgIpc) is 2.62. The molecular formula is C20H24N2O3S. The number of nitrogens with zero attached hydrogens (tertiary/aromatic N) is 1. The van der Waals surface area contributed by atoms with Crippen molar-refractivity contribution in [3.05, 3.63) is 59.7 Å². The zero-order chi connectivity index (χ0) is 18.7. The molecule has 0 spiro atoms. The minimum Gasteiger partial charge on any atom is -0.322 e. The smallest absolute Gasteiger partial charge is 0.255 e. The molecule has 1 N–H and O–H groups in total. The van der Waals surface area contributed by atoms with Gasteiger partial charge in [0.2, 0.25) is 10.0 Å². The lowest BCUT2D eigenvalue weighted by Gasteiger charge is -2.30. The predicted octanol–water partition coefficient (Wildman–Crippen LogP) is 3.67. The maximum Gasteiger partial charge on any atom is 0.255 e. The van der Waals surface area contributed by atoms with E-state index < -0.39 is 10.0 Å². The molecule has 1 fully saturated rings. The quantitative estimate of drug-likeness (QED) is 0.890. The van der Waals surface area contributed by atoms with Crippen LogP contribution in [0.25, 0.3) is 0 Å². The van der Waals surface area contributed by atoms with E-state index in [1.807, 2.05) is 25.1 Å². The topological polar surface area (TPSA) is 66.5 Å². The lowest BCUT2D eigenvalue weighted by Crippen LogP contribution is -2.39. The first-order valence-electron chi connectivity index (χ1n) is 8.85. The van der Waals surface area contributed by atoms with Crippen LogP contribution in [0.5, 0.6) is 0 Å². The maximum absolute atomic E-state index is 12.8. The second-order valence-corrected chi connectivity index (χ2v) is 8.84.